The first kappa shape index (κ1) is 15.6. The number of pyridine rings is 1. The minimum absolute atomic E-state index is 0.528. The fourth-order valence-corrected chi connectivity index (χ4v) is 2.56. The van der Waals surface area contributed by atoms with Crippen molar-refractivity contribution in [1.82, 2.24) is 4.98 Å². The minimum atomic E-state index is 0.528. The molecule has 0 spiro atoms. The van der Waals surface area contributed by atoms with Crippen molar-refractivity contribution in [2.75, 3.05) is 11.9 Å². The summed E-state index contributed by atoms with van der Waals surface area (Å²) in [5.74, 6) is 0.628. The fourth-order valence-electron chi connectivity index (χ4n) is 2.56. The molecule has 2 heteroatoms. The van der Waals surface area contributed by atoms with Crippen LogP contribution in [0.15, 0.2) is 48.8 Å². The first-order chi connectivity index (χ1) is 10.1. The van der Waals surface area contributed by atoms with Gasteiger partial charge in [0.2, 0.25) is 0 Å². The number of nitrogens with zero attached hydrogens (tertiary/aromatic N) is 2. The third kappa shape index (κ3) is 4.59. The smallest absolute Gasteiger partial charge is 0.0366 e. The van der Waals surface area contributed by atoms with Crippen LogP contribution in [0.1, 0.15) is 31.9 Å². The van der Waals surface area contributed by atoms with E-state index in [9.17, 15) is 0 Å². The minimum Gasteiger partial charge on any atom is -0.372 e. The van der Waals surface area contributed by atoms with Gasteiger partial charge in [0.1, 0.15) is 0 Å². The van der Waals surface area contributed by atoms with Gasteiger partial charge in [-0.25, -0.2) is 0 Å². The molecule has 1 unspecified atom stereocenters. The Kier molecular flexibility index (Phi) is 5.38. The lowest BCUT2D eigenvalue weighted by molar-refractivity contribution is 0.576. The Bertz CT molecular complexity index is 531. The molecule has 1 aromatic heterocycles. The van der Waals surface area contributed by atoms with Gasteiger partial charge in [-0.1, -0.05) is 25.1 Å². The molecule has 2 nitrogen and oxygen atoms in total. The maximum atomic E-state index is 4.19. The molecule has 2 aromatic rings. The highest BCUT2D eigenvalue weighted by Gasteiger charge is 2.07. The summed E-state index contributed by atoms with van der Waals surface area (Å²) in [4.78, 5) is 6.48. The van der Waals surface area contributed by atoms with Crippen LogP contribution in [0.5, 0.6) is 0 Å². The molecule has 1 heterocycles. The molecule has 0 radical (unpaired) electrons. The average molecular weight is 282 g/mol. The third-order valence-electron chi connectivity index (χ3n) is 4.01. The van der Waals surface area contributed by atoms with E-state index in [1.54, 1.807) is 0 Å². The van der Waals surface area contributed by atoms with Crippen molar-refractivity contribution in [3.05, 3.63) is 59.9 Å². The van der Waals surface area contributed by atoms with E-state index in [1.165, 1.54) is 16.8 Å². The number of rotatable bonds is 6. The standard InChI is InChI=1S/C19H26N2/c1-15(2)21(4)19-9-7-17(8-10-19)12-16(3)13-18-6-5-11-20-14-18/h5-11,14-16H,12-13H2,1-4H3. The molecule has 1 aromatic carbocycles. The molecular weight excluding hydrogens is 256 g/mol. The van der Waals surface area contributed by atoms with E-state index in [2.05, 4.69) is 68.0 Å². The topological polar surface area (TPSA) is 16.1 Å². The lowest BCUT2D eigenvalue weighted by atomic mass is 9.95. The highest BCUT2D eigenvalue weighted by molar-refractivity contribution is 5.47. The number of benzene rings is 1. The van der Waals surface area contributed by atoms with E-state index in [4.69, 9.17) is 0 Å². The van der Waals surface area contributed by atoms with Crippen LogP contribution in [-0.2, 0) is 12.8 Å². The maximum absolute atomic E-state index is 4.19. The van der Waals surface area contributed by atoms with Gasteiger partial charge in [-0.05, 0) is 61.9 Å². The molecule has 1 atom stereocenters. The van der Waals surface area contributed by atoms with Gasteiger partial charge in [0.05, 0.1) is 0 Å². The summed E-state index contributed by atoms with van der Waals surface area (Å²) in [6.45, 7) is 6.73. The van der Waals surface area contributed by atoms with Crippen LogP contribution in [0.25, 0.3) is 0 Å². The zero-order valence-electron chi connectivity index (χ0n) is 13.6. The van der Waals surface area contributed by atoms with Crippen molar-refractivity contribution < 1.29 is 0 Å². The zero-order valence-corrected chi connectivity index (χ0v) is 13.6. The van der Waals surface area contributed by atoms with Crippen LogP contribution < -0.4 is 4.90 Å². The quantitative estimate of drug-likeness (QED) is 0.783. The molecule has 0 aliphatic rings. The summed E-state index contributed by atoms with van der Waals surface area (Å²) >= 11 is 0. The Morgan fingerprint density at radius 2 is 1.62 bits per heavy atom. The Morgan fingerprint density at radius 1 is 0.952 bits per heavy atom. The molecule has 2 rings (SSSR count). The van der Waals surface area contributed by atoms with Gasteiger partial charge < -0.3 is 4.90 Å². The summed E-state index contributed by atoms with van der Waals surface area (Å²) in [6, 6.07) is 13.7. The molecular formula is C19H26N2. The molecule has 0 fully saturated rings. The molecule has 21 heavy (non-hydrogen) atoms. The van der Waals surface area contributed by atoms with E-state index in [0.29, 0.717) is 12.0 Å². The predicted molar refractivity (Wildman–Crippen MR) is 90.8 cm³/mol. The van der Waals surface area contributed by atoms with Crippen molar-refractivity contribution >= 4 is 5.69 Å². The second-order valence-electron chi connectivity index (χ2n) is 6.25. The highest BCUT2D eigenvalue weighted by atomic mass is 15.1. The summed E-state index contributed by atoms with van der Waals surface area (Å²) in [5.41, 5.74) is 4.02. The molecule has 0 bridgehead atoms. The lowest BCUT2D eigenvalue weighted by Gasteiger charge is -2.24. The maximum Gasteiger partial charge on any atom is 0.0366 e. The van der Waals surface area contributed by atoms with E-state index < -0.39 is 0 Å². The van der Waals surface area contributed by atoms with Crippen LogP contribution in [0.2, 0.25) is 0 Å². The summed E-state index contributed by atoms with van der Waals surface area (Å²) in [7, 11) is 2.14. The number of aromatic nitrogens is 1. The Balaban J connectivity index is 1.94. The highest BCUT2D eigenvalue weighted by Crippen LogP contribution is 2.19. The van der Waals surface area contributed by atoms with Crippen molar-refractivity contribution in [2.24, 2.45) is 5.92 Å². The van der Waals surface area contributed by atoms with Gasteiger partial charge in [-0.2, -0.15) is 0 Å². The molecule has 0 saturated carbocycles. The molecule has 0 amide bonds. The molecule has 0 N–H and O–H groups in total. The van der Waals surface area contributed by atoms with E-state index in [0.717, 1.165) is 12.8 Å². The van der Waals surface area contributed by atoms with Gasteiger partial charge in [0, 0.05) is 31.2 Å². The van der Waals surface area contributed by atoms with E-state index in [-0.39, 0.29) is 0 Å². The monoisotopic (exact) mass is 282 g/mol. The zero-order chi connectivity index (χ0) is 15.2. The Morgan fingerprint density at radius 3 is 2.19 bits per heavy atom. The molecule has 0 aliphatic carbocycles. The van der Waals surface area contributed by atoms with E-state index in [1.807, 2.05) is 18.5 Å². The van der Waals surface area contributed by atoms with Gasteiger partial charge >= 0.3 is 0 Å². The molecule has 0 aliphatic heterocycles. The van der Waals surface area contributed by atoms with Crippen molar-refractivity contribution in [3.63, 3.8) is 0 Å². The van der Waals surface area contributed by atoms with Gasteiger partial charge in [0.15, 0.2) is 0 Å². The Labute approximate surface area is 128 Å². The number of anilines is 1. The third-order valence-corrected chi connectivity index (χ3v) is 4.01. The van der Waals surface area contributed by atoms with Crippen LogP contribution in [0.4, 0.5) is 5.69 Å². The molecule has 112 valence electrons. The molecule has 0 saturated heterocycles. The van der Waals surface area contributed by atoms with Crippen LogP contribution >= 0.6 is 0 Å². The van der Waals surface area contributed by atoms with Gasteiger partial charge in [-0.15, -0.1) is 0 Å². The van der Waals surface area contributed by atoms with Gasteiger partial charge in [0.25, 0.3) is 0 Å². The SMILES string of the molecule is CC(Cc1ccc(N(C)C(C)C)cc1)Cc1cccnc1. The normalized spacial score (nSPS) is 12.4. The predicted octanol–water partition coefficient (Wildman–Crippen LogP) is 4.35. The average Bonchev–Trinajstić information content (AvgIpc) is 2.48. The van der Waals surface area contributed by atoms with Crippen molar-refractivity contribution in [2.45, 2.75) is 39.7 Å². The van der Waals surface area contributed by atoms with Crippen LogP contribution in [-0.4, -0.2) is 18.1 Å². The largest absolute Gasteiger partial charge is 0.372 e. The Hall–Kier alpha value is -1.83. The summed E-state index contributed by atoms with van der Waals surface area (Å²) in [5, 5.41) is 0. The summed E-state index contributed by atoms with van der Waals surface area (Å²) < 4.78 is 0. The number of hydrogen-bond acceptors (Lipinski definition) is 2. The van der Waals surface area contributed by atoms with Crippen molar-refractivity contribution in [3.8, 4) is 0 Å². The van der Waals surface area contributed by atoms with Crippen molar-refractivity contribution in [1.29, 1.82) is 0 Å². The van der Waals surface area contributed by atoms with Crippen LogP contribution in [0.3, 0.4) is 0 Å². The van der Waals surface area contributed by atoms with E-state index >= 15 is 0 Å². The fraction of sp³-hybridized carbons (Fsp3) is 0.421. The first-order valence-electron chi connectivity index (χ1n) is 7.77. The second-order valence-corrected chi connectivity index (χ2v) is 6.25. The van der Waals surface area contributed by atoms with Crippen LogP contribution in [0, 0.1) is 5.92 Å². The second kappa shape index (κ2) is 7.26. The number of hydrogen-bond donors (Lipinski definition) is 0. The van der Waals surface area contributed by atoms with Gasteiger partial charge in [-0.3, -0.25) is 4.98 Å². The first-order valence-corrected chi connectivity index (χ1v) is 7.77. The lowest BCUT2D eigenvalue weighted by Crippen LogP contribution is -2.25. The summed E-state index contributed by atoms with van der Waals surface area (Å²) in [6.07, 6.45) is 6.00.